The Morgan fingerprint density at radius 1 is 0.632 bits per heavy atom. The lowest BCUT2D eigenvalue weighted by atomic mass is 10.4. The van der Waals surface area contributed by atoms with E-state index >= 15 is 0 Å². The Bertz CT molecular complexity index is 246. The van der Waals surface area contributed by atoms with E-state index in [2.05, 4.69) is 54.2 Å². The highest BCUT2D eigenvalue weighted by Gasteiger charge is 1.95. The van der Waals surface area contributed by atoms with Crippen LogP contribution >= 0.6 is 0 Å². The first-order chi connectivity index (χ1) is 8.91. The van der Waals surface area contributed by atoms with Crippen molar-refractivity contribution in [2.75, 3.05) is 68.5 Å². The zero-order valence-corrected chi connectivity index (χ0v) is 13.4. The molecule has 0 saturated heterocycles. The van der Waals surface area contributed by atoms with Gasteiger partial charge in [0.2, 0.25) is 0 Å². The van der Waals surface area contributed by atoms with Crippen LogP contribution in [0, 0.1) is 0 Å². The molecule has 0 bridgehead atoms. The molecule has 0 aliphatic rings. The van der Waals surface area contributed by atoms with Crippen molar-refractivity contribution in [2.45, 2.75) is 12.8 Å². The third-order valence-electron chi connectivity index (χ3n) is 2.60. The monoisotopic (exact) mass is 270 g/mol. The van der Waals surface area contributed by atoms with Crippen molar-refractivity contribution in [3.8, 4) is 0 Å². The third-order valence-corrected chi connectivity index (χ3v) is 2.60. The number of hydrogen-bond acceptors (Lipinski definition) is 6. The van der Waals surface area contributed by atoms with Gasteiger partial charge in [-0.25, -0.2) is 0 Å². The predicted molar refractivity (Wildman–Crippen MR) is 81.5 cm³/mol. The molecule has 0 aromatic carbocycles. The largest absolute Gasteiger partial charge is 0.309 e. The lowest BCUT2D eigenvalue weighted by Gasteiger charge is -2.14. The van der Waals surface area contributed by atoms with Gasteiger partial charge in [-0.2, -0.15) is 0 Å². The molecule has 0 unspecified atom stereocenters. The van der Waals surface area contributed by atoms with E-state index in [1.807, 2.05) is 24.1 Å². The maximum Gasteiger partial charge on any atom is 0.139 e. The molecule has 0 amide bonds. The summed E-state index contributed by atoms with van der Waals surface area (Å²) in [6, 6.07) is 2.74. The SMILES string of the molecule is CN(C)CCCN(C)N=C=NN(C)CCCN(C)C. The molecule has 0 spiro atoms. The Kier molecular flexibility index (Phi) is 10.2. The van der Waals surface area contributed by atoms with Gasteiger partial charge in [0.1, 0.15) is 6.01 Å². The Balaban J connectivity index is 3.79. The minimum absolute atomic E-state index is 0.922. The van der Waals surface area contributed by atoms with E-state index in [1.54, 1.807) is 0 Å². The summed E-state index contributed by atoms with van der Waals surface area (Å²) in [5.41, 5.74) is 0. The van der Waals surface area contributed by atoms with Gasteiger partial charge in [-0.3, -0.25) is 10.0 Å². The van der Waals surface area contributed by atoms with Gasteiger partial charge in [-0.15, -0.1) is 10.2 Å². The minimum atomic E-state index is 0.922. The predicted octanol–water partition coefficient (Wildman–Crippen LogP) is 0.757. The summed E-state index contributed by atoms with van der Waals surface area (Å²) in [7, 11) is 12.2. The summed E-state index contributed by atoms with van der Waals surface area (Å²) < 4.78 is 0. The summed E-state index contributed by atoms with van der Waals surface area (Å²) in [4.78, 5) is 4.34. The van der Waals surface area contributed by atoms with E-state index in [9.17, 15) is 0 Å². The van der Waals surface area contributed by atoms with Crippen LogP contribution in [-0.2, 0) is 0 Å². The van der Waals surface area contributed by atoms with Crippen molar-refractivity contribution in [3.05, 3.63) is 0 Å². The van der Waals surface area contributed by atoms with E-state index in [4.69, 9.17) is 0 Å². The quantitative estimate of drug-likeness (QED) is 0.434. The summed E-state index contributed by atoms with van der Waals surface area (Å²) >= 11 is 0. The second-order valence-corrected chi connectivity index (χ2v) is 5.38. The Morgan fingerprint density at radius 2 is 1.00 bits per heavy atom. The van der Waals surface area contributed by atoms with Gasteiger partial charge in [0.05, 0.1) is 0 Å². The molecule has 112 valence electrons. The molecule has 6 heteroatoms. The molecule has 0 aliphatic heterocycles. The van der Waals surface area contributed by atoms with Gasteiger partial charge in [-0.05, 0) is 54.1 Å². The minimum Gasteiger partial charge on any atom is -0.309 e. The fraction of sp³-hybridized carbons (Fsp3) is 0.923. The number of rotatable bonds is 10. The second-order valence-electron chi connectivity index (χ2n) is 5.38. The maximum atomic E-state index is 4.15. The summed E-state index contributed by atoms with van der Waals surface area (Å²) in [6.45, 7) is 3.99. The van der Waals surface area contributed by atoms with Crippen LogP contribution in [0.2, 0.25) is 0 Å². The Hall–Kier alpha value is -1.10. The van der Waals surface area contributed by atoms with Crippen molar-refractivity contribution in [1.29, 1.82) is 0 Å². The molecule has 0 saturated carbocycles. The summed E-state index contributed by atoms with van der Waals surface area (Å²) in [5.74, 6) is 0. The fourth-order valence-electron chi connectivity index (χ4n) is 1.50. The van der Waals surface area contributed by atoms with E-state index in [-0.39, 0.29) is 0 Å². The first kappa shape index (κ1) is 17.9. The number of hydrazone groups is 2. The van der Waals surface area contributed by atoms with Crippen LogP contribution in [-0.4, -0.2) is 94.3 Å². The lowest BCUT2D eigenvalue weighted by Crippen LogP contribution is -2.20. The average molecular weight is 270 g/mol. The highest BCUT2D eigenvalue weighted by Crippen LogP contribution is 1.91. The summed E-state index contributed by atoms with van der Waals surface area (Å²) in [5, 5.41) is 12.1. The van der Waals surface area contributed by atoms with Gasteiger partial charge in [0.25, 0.3) is 0 Å². The van der Waals surface area contributed by atoms with E-state index < -0.39 is 0 Å². The molecule has 0 heterocycles. The van der Waals surface area contributed by atoms with Crippen molar-refractivity contribution in [3.63, 3.8) is 0 Å². The highest BCUT2D eigenvalue weighted by molar-refractivity contribution is 5.39. The number of hydrogen-bond donors (Lipinski definition) is 0. The normalized spacial score (nSPS) is 10.5. The van der Waals surface area contributed by atoms with Crippen LogP contribution < -0.4 is 0 Å². The Labute approximate surface area is 118 Å². The molecule has 0 N–H and O–H groups in total. The Morgan fingerprint density at radius 3 is 1.32 bits per heavy atom. The maximum absolute atomic E-state index is 4.15. The molecular weight excluding hydrogens is 240 g/mol. The molecule has 6 nitrogen and oxygen atoms in total. The van der Waals surface area contributed by atoms with Gasteiger partial charge >= 0.3 is 0 Å². The first-order valence-corrected chi connectivity index (χ1v) is 6.80. The van der Waals surface area contributed by atoms with Crippen molar-refractivity contribution < 1.29 is 0 Å². The van der Waals surface area contributed by atoms with Crippen molar-refractivity contribution in [2.24, 2.45) is 10.2 Å². The van der Waals surface area contributed by atoms with E-state index in [0.717, 1.165) is 39.0 Å². The molecule has 0 rings (SSSR count). The first-order valence-electron chi connectivity index (χ1n) is 6.80. The highest BCUT2D eigenvalue weighted by atomic mass is 15.5. The molecule has 0 aromatic rings. The molecule has 0 atom stereocenters. The number of nitrogens with zero attached hydrogens (tertiary/aromatic N) is 6. The van der Waals surface area contributed by atoms with Gasteiger partial charge in [0.15, 0.2) is 0 Å². The van der Waals surface area contributed by atoms with Crippen LogP contribution in [0.15, 0.2) is 10.2 Å². The smallest absolute Gasteiger partial charge is 0.139 e. The summed E-state index contributed by atoms with van der Waals surface area (Å²) in [6.07, 6.45) is 2.18. The third kappa shape index (κ3) is 13.1. The standard InChI is InChI=1S/C13H30N6/c1-16(2)9-7-11-18(5)14-13-15-19(6)12-8-10-17(3)4/h7-12H2,1-6H3. The van der Waals surface area contributed by atoms with Gasteiger partial charge in [0, 0.05) is 27.2 Å². The van der Waals surface area contributed by atoms with Crippen LogP contribution in [0.1, 0.15) is 12.8 Å². The molecular formula is C13H30N6. The van der Waals surface area contributed by atoms with Crippen molar-refractivity contribution in [1.82, 2.24) is 19.8 Å². The van der Waals surface area contributed by atoms with Crippen molar-refractivity contribution >= 4 is 6.01 Å². The van der Waals surface area contributed by atoms with Crippen LogP contribution in [0.4, 0.5) is 0 Å². The molecule has 0 radical (unpaired) electrons. The average Bonchev–Trinajstić information content (AvgIpc) is 2.27. The lowest BCUT2D eigenvalue weighted by molar-refractivity contribution is 0.304. The van der Waals surface area contributed by atoms with Crippen LogP contribution in [0.25, 0.3) is 0 Å². The van der Waals surface area contributed by atoms with E-state index in [0.29, 0.717) is 0 Å². The zero-order chi connectivity index (χ0) is 14.7. The van der Waals surface area contributed by atoms with Crippen LogP contribution in [0.5, 0.6) is 0 Å². The second kappa shape index (κ2) is 10.8. The van der Waals surface area contributed by atoms with Gasteiger partial charge < -0.3 is 9.80 Å². The molecule has 0 fully saturated rings. The van der Waals surface area contributed by atoms with Crippen LogP contribution in [0.3, 0.4) is 0 Å². The molecule has 19 heavy (non-hydrogen) atoms. The molecule has 0 aromatic heterocycles. The van der Waals surface area contributed by atoms with E-state index in [1.165, 1.54) is 0 Å². The van der Waals surface area contributed by atoms with Gasteiger partial charge in [-0.1, -0.05) is 0 Å². The zero-order valence-electron chi connectivity index (χ0n) is 13.4. The fourth-order valence-corrected chi connectivity index (χ4v) is 1.50. The topological polar surface area (TPSA) is 37.7 Å². The molecule has 0 aliphatic carbocycles.